The Labute approximate surface area is 205 Å². The van der Waals surface area contributed by atoms with E-state index >= 15 is 0 Å². The largest absolute Gasteiger partial charge is 0.321 e. The number of para-hydroxylation sites is 1. The van der Waals surface area contributed by atoms with Crippen molar-refractivity contribution in [3.05, 3.63) is 87.2 Å². The Morgan fingerprint density at radius 2 is 1.86 bits per heavy atom. The zero-order valence-electron chi connectivity index (χ0n) is 21.0. The van der Waals surface area contributed by atoms with Gasteiger partial charge in [-0.1, -0.05) is 44.2 Å². The van der Waals surface area contributed by atoms with Crippen LogP contribution in [0.4, 0.5) is 4.39 Å². The van der Waals surface area contributed by atoms with Crippen LogP contribution in [-0.2, 0) is 18.6 Å². The van der Waals surface area contributed by atoms with Crippen LogP contribution in [0.15, 0.2) is 53.3 Å². The molecule has 1 N–H and O–H groups in total. The van der Waals surface area contributed by atoms with Gasteiger partial charge < -0.3 is 4.98 Å². The average Bonchev–Trinajstić information content (AvgIpc) is 3.33. The fourth-order valence-electron chi connectivity index (χ4n) is 4.45. The van der Waals surface area contributed by atoms with Gasteiger partial charge in [-0.05, 0) is 78.8 Å². The highest BCUT2D eigenvalue weighted by atomic mass is 19.1. The highest BCUT2D eigenvalue weighted by Gasteiger charge is 2.31. The molecule has 0 radical (unpaired) electrons. The molecule has 0 aliphatic rings. The molecular formula is C27H33FN6O. The van der Waals surface area contributed by atoms with Gasteiger partial charge in [-0.25, -0.2) is 9.07 Å². The number of nitrogens with zero attached hydrogens (tertiary/aromatic N) is 5. The summed E-state index contributed by atoms with van der Waals surface area (Å²) in [6.07, 6.45) is 1.61. The fraction of sp³-hybridized carbons (Fsp3) is 0.407. The van der Waals surface area contributed by atoms with Gasteiger partial charge in [0.15, 0.2) is 5.82 Å². The lowest BCUT2D eigenvalue weighted by atomic mass is 10.0. The van der Waals surface area contributed by atoms with Crippen LogP contribution in [0.2, 0.25) is 0 Å². The summed E-state index contributed by atoms with van der Waals surface area (Å²) in [5.41, 5.74) is 3.13. The van der Waals surface area contributed by atoms with Gasteiger partial charge in [0.05, 0.1) is 17.1 Å². The number of halogens is 1. The van der Waals surface area contributed by atoms with Crippen LogP contribution >= 0.6 is 0 Å². The van der Waals surface area contributed by atoms with Crippen molar-refractivity contribution in [3.8, 4) is 0 Å². The Bertz CT molecular complexity index is 1360. The van der Waals surface area contributed by atoms with E-state index in [1.807, 2.05) is 35.9 Å². The predicted molar refractivity (Wildman–Crippen MR) is 135 cm³/mol. The summed E-state index contributed by atoms with van der Waals surface area (Å²) in [4.78, 5) is 18.4. The molecule has 4 rings (SSSR count). The third-order valence-electron chi connectivity index (χ3n) is 6.90. The Hall–Kier alpha value is -3.39. The molecule has 35 heavy (non-hydrogen) atoms. The number of aryl methyl sites for hydroxylation is 1. The topological polar surface area (TPSA) is 79.7 Å². The fourth-order valence-corrected chi connectivity index (χ4v) is 4.45. The Kier molecular flexibility index (Phi) is 7.12. The van der Waals surface area contributed by atoms with Gasteiger partial charge in [-0.15, -0.1) is 5.10 Å². The van der Waals surface area contributed by atoms with Crippen molar-refractivity contribution in [2.75, 3.05) is 0 Å². The molecule has 0 aliphatic carbocycles. The monoisotopic (exact) mass is 476 g/mol. The Morgan fingerprint density at radius 3 is 2.54 bits per heavy atom. The normalized spacial score (nSPS) is 13.0. The molecule has 4 aromatic rings. The van der Waals surface area contributed by atoms with E-state index < -0.39 is 0 Å². The number of hydrogen-bond acceptors (Lipinski definition) is 5. The SMILES string of the molecule is CCC(c1nnnn1C(C)(C)CC)N(Cc1ccc(F)cc1)Cc1cc2cccc(C)c2[nH]c1=O. The van der Waals surface area contributed by atoms with E-state index in [2.05, 4.69) is 53.1 Å². The van der Waals surface area contributed by atoms with Crippen LogP contribution in [0, 0.1) is 12.7 Å². The summed E-state index contributed by atoms with van der Waals surface area (Å²) in [7, 11) is 0. The minimum atomic E-state index is -0.276. The number of H-pyrrole nitrogens is 1. The molecule has 2 heterocycles. The summed E-state index contributed by atoms with van der Waals surface area (Å²) in [5, 5.41) is 13.7. The van der Waals surface area contributed by atoms with Gasteiger partial charge in [0.1, 0.15) is 5.82 Å². The second-order valence-corrected chi connectivity index (χ2v) is 9.73. The van der Waals surface area contributed by atoms with Gasteiger partial charge >= 0.3 is 0 Å². The summed E-state index contributed by atoms with van der Waals surface area (Å²) < 4.78 is 15.5. The molecule has 0 amide bonds. The van der Waals surface area contributed by atoms with Crippen molar-refractivity contribution in [3.63, 3.8) is 0 Å². The zero-order valence-corrected chi connectivity index (χ0v) is 21.0. The number of pyridine rings is 1. The second kappa shape index (κ2) is 10.1. The number of rotatable bonds is 9. The first kappa shape index (κ1) is 24.7. The van der Waals surface area contributed by atoms with Crippen LogP contribution in [0.5, 0.6) is 0 Å². The standard InChI is InChI=1S/C27H33FN6O/c1-6-23(25-30-31-32-34(25)27(4,5)7-2)33(16-19-11-13-22(28)14-12-19)17-21-15-20-10-8-9-18(3)24(20)29-26(21)35/h8-15,23H,6-7,16-17H2,1-5H3,(H,29,35). The quantitative estimate of drug-likeness (QED) is 0.356. The van der Waals surface area contributed by atoms with E-state index in [9.17, 15) is 9.18 Å². The Balaban J connectivity index is 1.78. The van der Waals surface area contributed by atoms with Crippen LogP contribution in [0.1, 0.15) is 69.1 Å². The van der Waals surface area contributed by atoms with E-state index in [0.717, 1.165) is 40.7 Å². The minimum Gasteiger partial charge on any atom is -0.321 e. The first-order valence-electron chi connectivity index (χ1n) is 12.1. The third kappa shape index (κ3) is 5.17. The molecule has 0 fully saturated rings. The molecule has 184 valence electrons. The first-order valence-corrected chi connectivity index (χ1v) is 12.1. The maximum absolute atomic E-state index is 13.6. The minimum absolute atomic E-state index is 0.112. The highest BCUT2D eigenvalue weighted by Crippen LogP contribution is 2.30. The lowest BCUT2D eigenvalue weighted by Gasteiger charge is -2.33. The van der Waals surface area contributed by atoms with Crippen molar-refractivity contribution >= 4 is 10.9 Å². The Morgan fingerprint density at radius 1 is 1.11 bits per heavy atom. The smallest absolute Gasteiger partial charge is 0.252 e. The maximum Gasteiger partial charge on any atom is 0.252 e. The molecule has 2 aromatic carbocycles. The van der Waals surface area contributed by atoms with Gasteiger partial charge in [0.2, 0.25) is 0 Å². The van der Waals surface area contributed by atoms with Gasteiger partial charge in [-0.3, -0.25) is 9.69 Å². The maximum atomic E-state index is 13.6. The summed E-state index contributed by atoms with van der Waals surface area (Å²) in [6.45, 7) is 11.3. The predicted octanol–water partition coefficient (Wildman–Crippen LogP) is 5.26. The first-order chi connectivity index (χ1) is 16.7. The molecule has 0 bridgehead atoms. The molecule has 1 atom stereocenters. The number of aromatic amines is 1. The molecular weight excluding hydrogens is 443 g/mol. The van der Waals surface area contributed by atoms with Crippen molar-refractivity contribution in [1.82, 2.24) is 30.1 Å². The molecule has 0 saturated heterocycles. The lowest BCUT2D eigenvalue weighted by molar-refractivity contribution is 0.150. The summed E-state index contributed by atoms with van der Waals surface area (Å²) >= 11 is 0. The van der Waals surface area contributed by atoms with Gasteiger partial charge in [-0.2, -0.15) is 0 Å². The van der Waals surface area contributed by atoms with E-state index in [1.165, 1.54) is 12.1 Å². The van der Waals surface area contributed by atoms with Crippen molar-refractivity contribution in [2.45, 2.75) is 72.1 Å². The van der Waals surface area contributed by atoms with Gasteiger partial charge in [0, 0.05) is 18.7 Å². The number of benzene rings is 2. The van der Waals surface area contributed by atoms with Crippen LogP contribution in [-0.4, -0.2) is 30.1 Å². The van der Waals surface area contributed by atoms with Crippen LogP contribution in [0.3, 0.4) is 0 Å². The molecule has 0 aliphatic heterocycles. The lowest BCUT2D eigenvalue weighted by Crippen LogP contribution is -2.36. The summed E-state index contributed by atoms with van der Waals surface area (Å²) in [5.74, 6) is 0.483. The van der Waals surface area contributed by atoms with E-state index in [1.54, 1.807) is 12.1 Å². The van der Waals surface area contributed by atoms with Gasteiger partial charge in [0.25, 0.3) is 5.56 Å². The second-order valence-electron chi connectivity index (χ2n) is 9.73. The van der Waals surface area contributed by atoms with Crippen molar-refractivity contribution in [1.29, 1.82) is 0 Å². The van der Waals surface area contributed by atoms with E-state index in [-0.39, 0.29) is 23.0 Å². The number of aromatic nitrogens is 5. The third-order valence-corrected chi connectivity index (χ3v) is 6.90. The molecule has 0 saturated carbocycles. The van der Waals surface area contributed by atoms with E-state index in [4.69, 9.17) is 0 Å². The van der Waals surface area contributed by atoms with Crippen molar-refractivity contribution in [2.24, 2.45) is 0 Å². The molecule has 1 unspecified atom stereocenters. The highest BCUT2D eigenvalue weighted by molar-refractivity contribution is 5.81. The average molecular weight is 477 g/mol. The molecule has 7 nitrogen and oxygen atoms in total. The zero-order chi connectivity index (χ0) is 25.2. The molecule has 0 spiro atoms. The van der Waals surface area contributed by atoms with E-state index in [0.29, 0.717) is 18.7 Å². The summed E-state index contributed by atoms with van der Waals surface area (Å²) in [6, 6.07) is 14.3. The molecule has 8 heteroatoms. The number of tetrazole rings is 1. The van der Waals surface area contributed by atoms with Crippen LogP contribution in [0.25, 0.3) is 10.9 Å². The number of fused-ring (bicyclic) bond motifs is 1. The number of hydrogen-bond donors (Lipinski definition) is 1. The molecule has 2 aromatic heterocycles. The number of nitrogens with one attached hydrogen (secondary N) is 1. The van der Waals surface area contributed by atoms with Crippen LogP contribution < -0.4 is 5.56 Å². The van der Waals surface area contributed by atoms with Crippen molar-refractivity contribution < 1.29 is 4.39 Å².